The van der Waals surface area contributed by atoms with Crippen molar-refractivity contribution < 1.29 is 31.5 Å². The van der Waals surface area contributed by atoms with Crippen molar-refractivity contribution in [2.75, 3.05) is 5.75 Å². The number of aryl methyl sites for hydroxylation is 1. The molecule has 0 aliphatic carbocycles. The maximum atomic E-state index is 12.8. The number of nitrogens with zero attached hydrogens (tertiary/aromatic N) is 2. The van der Waals surface area contributed by atoms with Crippen molar-refractivity contribution >= 4 is 39.1 Å². The fraction of sp³-hybridized carbons (Fsp3) is 0.350. The van der Waals surface area contributed by atoms with Gasteiger partial charge in [-0.25, -0.2) is 4.79 Å². The van der Waals surface area contributed by atoms with Gasteiger partial charge < -0.3 is 5.11 Å². The SMILES string of the molecule is Cc1sc(SCCCCC(=O)O)c2c(=NS(=O)(=O)c3ccc(C(F)(F)F)cc3)[nH]c(=O)n-2c1C. The summed E-state index contributed by atoms with van der Waals surface area (Å²) in [6, 6.07) is 2.93. The van der Waals surface area contributed by atoms with Crippen molar-refractivity contribution in [2.45, 2.75) is 48.4 Å². The summed E-state index contributed by atoms with van der Waals surface area (Å²) in [6.07, 6.45) is -3.53. The molecule has 1 aromatic rings. The number of rotatable bonds is 8. The van der Waals surface area contributed by atoms with Gasteiger partial charge in [-0.1, -0.05) is 0 Å². The average Bonchev–Trinajstić information content (AvgIpc) is 3.06. The van der Waals surface area contributed by atoms with Crippen molar-refractivity contribution in [3.8, 4) is 5.69 Å². The van der Waals surface area contributed by atoms with E-state index in [0.29, 0.717) is 40.6 Å². The fourth-order valence-electron chi connectivity index (χ4n) is 3.05. The lowest BCUT2D eigenvalue weighted by Crippen LogP contribution is -2.17. The van der Waals surface area contributed by atoms with Gasteiger partial charge in [0.05, 0.1) is 14.7 Å². The van der Waals surface area contributed by atoms with Crippen LogP contribution in [0, 0.1) is 13.8 Å². The molecule has 0 aromatic heterocycles. The number of hydrogen-bond donors (Lipinski definition) is 2. The Balaban J connectivity index is 2.04. The maximum absolute atomic E-state index is 12.8. The van der Waals surface area contributed by atoms with Gasteiger partial charge in [-0.05, 0) is 56.7 Å². The molecule has 8 nitrogen and oxygen atoms in total. The van der Waals surface area contributed by atoms with Crippen LogP contribution in [0.25, 0.3) is 5.69 Å². The predicted molar refractivity (Wildman–Crippen MR) is 121 cm³/mol. The van der Waals surface area contributed by atoms with Crippen LogP contribution in [-0.2, 0) is 21.0 Å². The monoisotopic (exact) mass is 535 g/mol. The summed E-state index contributed by atoms with van der Waals surface area (Å²) in [7, 11) is -4.43. The van der Waals surface area contributed by atoms with Gasteiger partial charge in [0.1, 0.15) is 5.69 Å². The Kier molecular flexibility index (Phi) is 7.62. The quantitative estimate of drug-likeness (QED) is 0.333. The number of aromatic nitrogens is 2. The van der Waals surface area contributed by atoms with E-state index in [4.69, 9.17) is 5.11 Å². The number of carboxylic acids is 1. The molecule has 0 bridgehead atoms. The number of carboxylic acid groups (broad SMARTS) is 1. The zero-order valence-corrected chi connectivity index (χ0v) is 20.4. The van der Waals surface area contributed by atoms with Crippen LogP contribution in [0.4, 0.5) is 13.2 Å². The molecule has 184 valence electrons. The number of aromatic amines is 1. The number of carbonyl (C=O) groups is 1. The van der Waals surface area contributed by atoms with E-state index in [1.54, 1.807) is 6.92 Å². The second-order valence-corrected chi connectivity index (χ2v) is 11.5. The molecule has 0 amide bonds. The average molecular weight is 536 g/mol. The Labute approximate surface area is 200 Å². The molecule has 2 N–H and O–H groups in total. The van der Waals surface area contributed by atoms with Crippen molar-refractivity contribution in [1.82, 2.24) is 9.55 Å². The molecule has 1 aromatic carbocycles. The van der Waals surface area contributed by atoms with Gasteiger partial charge in [-0.3, -0.25) is 14.3 Å². The highest BCUT2D eigenvalue weighted by molar-refractivity contribution is 8.01. The molecular weight excluding hydrogens is 515 g/mol. The number of thioether (sulfide) groups is 1. The molecule has 0 spiro atoms. The first-order valence-corrected chi connectivity index (χ1v) is 13.1. The lowest BCUT2D eigenvalue weighted by molar-refractivity contribution is -0.138. The first-order valence-electron chi connectivity index (χ1n) is 9.89. The smallest absolute Gasteiger partial charge is 0.416 e. The molecule has 0 saturated carbocycles. The molecular formula is C20H20F3N3O5S3. The molecule has 34 heavy (non-hydrogen) atoms. The number of alkyl halides is 3. The predicted octanol–water partition coefficient (Wildman–Crippen LogP) is 3.94. The van der Waals surface area contributed by atoms with Crippen LogP contribution in [0.1, 0.15) is 35.4 Å². The van der Waals surface area contributed by atoms with E-state index in [0.717, 1.165) is 17.0 Å². The number of imidazole rings is 1. The number of halogens is 3. The molecule has 0 unspecified atom stereocenters. The molecule has 2 aliphatic rings. The number of fused-ring (bicyclic) bond motifs is 1. The topological polar surface area (TPSA) is 122 Å². The van der Waals surface area contributed by atoms with Gasteiger partial charge in [0, 0.05) is 17.0 Å². The van der Waals surface area contributed by atoms with Crippen LogP contribution in [-0.4, -0.2) is 34.8 Å². The number of sulfonamides is 1. The molecule has 0 radical (unpaired) electrons. The van der Waals surface area contributed by atoms with Gasteiger partial charge in [-0.15, -0.1) is 27.5 Å². The number of nitrogens with one attached hydrogen (secondary N) is 1. The summed E-state index contributed by atoms with van der Waals surface area (Å²) in [4.78, 5) is 26.1. The fourth-order valence-corrected chi connectivity index (χ4v) is 6.53. The Hall–Kier alpha value is -2.58. The van der Waals surface area contributed by atoms with Crippen LogP contribution >= 0.6 is 23.1 Å². The zero-order valence-electron chi connectivity index (χ0n) is 18.0. The first-order chi connectivity index (χ1) is 15.8. The highest BCUT2D eigenvalue weighted by Gasteiger charge is 2.31. The number of unbranched alkanes of at least 4 members (excludes halogenated alkanes) is 1. The second-order valence-electron chi connectivity index (χ2n) is 7.28. The number of aliphatic carboxylic acids is 1. The van der Waals surface area contributed by atoms with Crippen LogP contribution < -0.4 is 11.2 Å². The highest BCUT2D eigenvalue weighted by Crippen LogP contribution is 2.33. The van der Waals surface area contributed by atoms with Crippen LogP contribution in [0.2, 0.25) is 0 Å². The molecule has 2 heterocycles. The van der Waals surface area contributed by atoms with E-state index in [1.807, 2.05) is 6.92 Å². The minimum atomic E-state index is -4.61. The van der Waals surface area contributed by atoms with Crippen molar-refractivity contribution in [2.24, 2.45) is 4.40 Å². The third-order valence-electron chi connectivity index (χ3n) is 4.87. The summed E-state index contributed by atoms with van der Waals surface area (Å²) >= 11 is 2.68. The van der Waals surface area contributed by atoms with Crippen LogP contribution in [0.15, 0.2) is 42.6 Å². The minimum Gasteiger partial charge on any atom is -0.481 e. The molecule has 2 aliphatic heterocycles. The van der Waals surface area contributed by atoms with E-state index in [9.17, 15) is 31.2 Å². The summed E-state index contributed by atoms with van der Waals surface area (Å²) < 4.78 is 69.7. The van der Waals surface area contributed by atoms with E-state index in [1.165, 1.54) is 27.7 Å². The Morgan fingerprint density at radius 1 is 1.21 bits per heavy atom. The Morgan fingerprint density at radius 2 is 1.85 bits per heavy atom. The molecule has 0 atom stereocenters. The van der Waals surface area contributed by atoms with Crippen molar-refractivity contribution in [1.29, 1.82) is 0 Å². The molecule has 0 saturated heterocycles. The normalized spacial score (nSPS) is 13.0. The number of hydrogen-bond acceptors (Lipinski definition) is 6. The first kappa shape index (κ1) is 26.0. The summed E-state index contributed by atoms with van der Waals surface area (Å²) in [5, 5.41) is 8.76. The minimum absolute atomic E-state index is 0.0297. The molecule has 14 heteroatoms. The van der Waals surface area contributed by atoms with Crippen molar-refractivity contribution in [3.63, 3.8) is 0 Å². The summed E-state index contributed by atoms with van der Waals surface area (Å²) in [6.45, 7) is 3.51. The third kappa shape index (κ3) is 5.73. The molecule has 0 fully saturated rings. The van der Waals surface area contributed by atoms with Gasteiger partial charge in [0.15, 0.2) is 5.49 Å². The lowest BCUT2D eigenvalue weighted by Gasteiger charge is -2.13. The summed E-state index contributed by atoms with van der Waals surface area (Å²) in [5.41, 5.74) is -0.986. The van der Waals surface area contributed by atoms with Crippen LogP contribution in [0.3, 0.4) is 0 Å². The Morgan fingerprint density at radius 3 is 2.44 bits per heavy atom. The third-order valence-corrected chi connectivity index (χ3v) is 8.69. The zero-order chi connectivity index (χ0) is 25.3. The van der Waals surface area contributed by atoms with Gasteiger partial charge in [0.2, 0.25) is 0 Å². The molecule has 3 rings (SSSR count). The van der Waals surface area contributed by atoms with E-state index >= 15 is 0 Å². The largest absolute Gasteiger partial charge is 0.481 e. The number of benzene rings is 1. The van der Waals surface area contributed by atoms with Gasteiger partial charge in [0.25, 0.3) is 10.0 Å². The summed E-state index contributed by atoms with van der Waals surface area (Å²) in [5.74, 6) is -0.361. The second kappa shape index (κ2) is 9.96. The van der Waals surface area contributed by atoms with E-state index < -0.39 is 38.3 Å². The van der Waals surface area contributed by atoms with E-state index in [-0.39, 0.29) is 17.6 Å². The Bertz CT molecular complexity index is 1400. The van der Waals surface area contributed by atoms with Gasteiger partial charge >= 0.3 is 17.8 Å². The number of H-pyrrole nitrogens is 1. The van der Waals surface area contributed by atoms with Crippen molar-refractivity contribution in [3.05, 3.63) is 56.4 Å². The highest BCUT2D eigenvalue weighted by atomic mass is 32.2. The van der Waals surface area contributed by atoms with Gasteiger partial charge in [-0.2, -0.15) is 21.6 Å². The van der Waals surface area contributed by atoms with Crippen LogP contribution in [0.5, 0.6) is 0 Å². The lowest BCUT2D eigenvalue weighted by atomic mass is 10.2. The maximum Gasteiger partial charge on any atom is 0.416 e. The standard InChI is InChI=1S/C20H20F3N3O5S3/c1-11-12(2)33-18(32-10-4-3-5-15(27)28)16-17(24-19(29)26(11)16)25-34(30,31)14-8-6-13(7-9-14)20(21,22)23/h6-9H,3-5,10H2,1-2H3,(H,27,28)(H,24,25,29). The van der Waals surface area contributed by atoms with E-state index in [2.05, 4.69) is 9.38 Å².